The molecule has 134 valence electrons. The Bertz CT molecular complexity index is 1000. The van der Waals surface area contributed by atoms with Gasteiger partial charge in [-0.25, -0.2) is 18.1 Å². The number of β-amino-alcohol motifs (C(OH)–C–C–N with tert-alkyl or cyclic N) is 1. The Morgan fingerprint density at radius 1 is 1.23 bits per heavy atom. The van der Waals surface area contributed by atoms with Gasteiger partial charge in [0.15, 0.2) is 0 Å². The van der Waals surface area contributed by atoms with Crippen molar-refractivity contribution in [2.75, 3.05) is 11.4 Å². The minimum Gasteiger partial charge on any atom is -0.478 e. The highest BCUT2D eigenvalue weighted by Gasteiger charge is 2.34. The lowest BCUT2D eigenvalue weighted by Crippen LogP contribution is -2.25. The Balaban J connectivity index is 1.80. The summed E-state index contributed by atoms with van der Waals surface area (Å²) in [7, 11) is 0. The Labute approximate surface area is 146 Å². The number of carboxylic acids is 1. The van der Waals surface area contributed by atoms with Gasteiger partial charge in [-0.15, -0.1) is 0 Å². The zero-order valence-electron chi connectivity index (χ0n) is 13.5. The number of hydrogen-bond acceptors (Lipinski definition) is 4. The van der Waals surface area contributed by atoms with Crippen molar-refractivity contribution >= 4 is 17.2 Å². The topological polar surface area (TPSA) is 78.1 Å². The molecule has 1 aromatic carbocycles. The third kappa shape index (κ3) is 2.68. The van der Waals surface area contributed by atoms with Crippen LogP contribution in [0.15, 0.2) is 42.7 Å². The van der Waals surface area contributed by atoms with E-state index in [9.17, 15) is 23.8 Å². The Kier molecular flexibility index (Phi) is 3.84. The molecule has 4 rings (SSSR count). The van der Waals surface area contributed by atoms with Crippen LogP contribution >= 0.6 is 0 Å². The normalized spacial score (nSPS) is 20.0. The van der Waals surface area contributed by atoms with Crippen LogP contribution in [0.2, 0.25) is 0 Å². The molecule has 1 aliphatic rings. The van der Waals surface area contributed by atoms with Crippen molar-refractivity contribution in [3.63, 3.8) is 0 Å². The number of hydrogen-bond donors (Lipinski definition) is 2. The average Bonchev–Trinajstić information content (AvgIpc) is 3.19. The number of benzene rings is 1. The number of nitrogens with zero attached hydrogens (tertiary/aromatic N) is 3. The molecule has 3 aromatic rings. The number of halogens is 2. The summed E-state index contributed by atoms with van der Waals surface area (Å²) in [6, 6.07) is 6.01. The number of aromatic carboxylic acids is 1. The molecular formula is C18H15F2N3O3. The highest BCUT2D eigenvalue weighted by Crippen LogP contribution is 2.38. The summed E-state index contributed by atoms with van der Waals surface area (Å²) in [5.41, 5.74) is 1.19. The minimum atomic E-state index is -1.11. The molecule has 2 N–H and O–H groups in total. The van der Waals surface area contributed by atoms with Crippen LogP contribution in [0.5, 0.6) is 0 Å². The van der Waals surface area contributed by atoms with Crippen molar-refractivity contribution < 1.29 is 23.8 Å². The second-order valence-corrected chi connectivity index (χ2v) is 6.30. The molecule has 0 radical (unpaired) electrons. The first-order valence-corrected chi connectivity index (χ1v) is 8.04. The van der Waals surface area contributed by atoms with E-state index in [0.717, 1.165) is 18.2 Å². The molecule has 2 aromatic heterocycles. The van der Waals surface area contributed by atoms with E-state index in [2.05, 4.69) is 5.10 Å². The van der Waals surface area contributed by atoms with Crippen LogP contribution in [0.3, 0.4) is 0 Å². The van der Waals surface area contributed by atoms with Crippen LogP contribution in [0.25, 0.3) is 5.52 Å². The van der Waals surface area contributed by atoms with Crippen molar-refractivity contribution in [1.82, 2.24) is 9.61 Å². The third-order valence-electron chi connectivity index (χ3n) is 4.66. The molecule has 3 heterocycles. The number of aliphatic hydroxyl groups excluding tert-OH is 1. The van der Waals surface area contributed by atoms with Crippen molar-refractivity contribution in [3.8, 4) is 0 Å². The maximum atomic E-state index is 14.2. The third-order valence-corrected chi connectivity index (χ3v) is 4.66. The smallest absolute Gasteiger partial charge is 0.339 e. The van der Waals surface area contributed by atoms with E-state index in [1.165, 1.54) is 10.7 Å². The van der Waals surface area contributed by atoms with E-state index in [4.69, 9.17) is 0 Å². The van der Waals surface area contributed by atoms with Crippen LogP contribution in [0.4, 0.5) is 14.5 Å². The second-order valence-electron chi connectivity index (χ2n) is 6.30. The van der Waals surface area contributed by atoms with E-state index in [-0.39, 0.29) is 24.1 Å². The van der Waals surface area contributed by atoms with Crippen LogP contribution in [0, 0.1) is 11.6 Å². The standard InChI is InChI=1S/C18H15F2N3O3/c19-10-1-2-15(20)13(5-10)16-7-12(24)9-22(16)11-3-4-23-17(6-11)14(8-21-23)18(25)26/h1-6,8,12,16,24H,7,9H2,(H,25,26)/t12-,16?/m1/s1. The van der Waals surface area contributed by atoms with Gasteiger partial charge in [-0.2, -0.15) is 5.10 Å². The summed E-state index contributed by atoms with van der Waals surface area (Å²) in [5.74, 6) is -2.21. The largest absolute Gasteiger partial charge is 0.478 e. The first-order valence-electron chi connectivity index (χ1n) is 8.04. The predicted octanol–water partition coefficient (Wildman–Crippen LogP) is 2.62. The minimum absolute atomic E-state index is 0.0417. The van der Waals surface area contributed by atoms with Gasteiger partial charge in [0.05, 0.1) is 23.9 Å². The highest BCUT2D eigenvalue weighted by molar-refractivity contribution is 5.95. The maximum absolute atomic E-state index is 14.2. The fourth-order valence-electron chi connectivity index (χ4n) is 3.48. The Morgan fingerprint density at radius 3 is 2.81 bits per heavy atom. The lowest BCUT2D eigenvalue weighted by Gasteiger charge is -2.27. The molecule has 1 fully saturated rings. The lowest BCUT2D eigenvalue weighted by molar-refractivity contribution is 0.0699. The summed E-state index contributed by atoms with van der Waals surface area (Å²) >= 11 is 0. The molecule has 0 spiro atoms. The molecule has 6 nitrogen and oxygen atoms in total. The fraction of sp³-hybridized carbons (Fsp3) is 0.222. The van der Waals surface area contributed by atoms with Crippen molar-refractivity contribution in [2.45, 2.75) is 18.6 Å². The number of aromatic nitrogens is 2. The molecule has 0 aliphatic carbocycles. The predicted molar refractivity (Wildman–Crippen MR) is 89.2 cm³/mol. The molecule has 1 unspecified atom stereocenters. The quantitative estimate of drug-likeness (QED) is 0.752. The first-order chi connectivity index (χ1) is 12.4. The van der Waals surface area contributed by atoms with Gasteiger partial charge in [0.2, 0.25) is 0 Å². The van der Waals surface area contributed by atoms with Crippen molar-refractivity contribution in [1.29, 1.82) is 0 Å². The number of carbonyl (C=O) groups is 1. The van der Waals surface area contributed by atoms with Gasteiger partial charge >= 0.3 is 5.97 Å². The van der Waals surface area contributed by atoms with Gasteiger partial charge in [-0.05, 0) is 36.8 Å². The summed E-state index contributed by atoms with van der Waals surface area (Å²) in [6.07, 6.45) is 2.39. The molecule has 2 atom stereocenters. The van der Waals surface area contributed by atoms with Gasteiger partial charge in [0.25, 0.3) is 0 Å². The maximum Gasteiger partial charge on any atom is 0.339 e. The van der Waals surface area contributed by atoms with Gasteiger partial charge in [-0.3, -0.25) is 0 Å². The summed E-state index contributed by atoms with van der Waals surface area (Å²) in [5, 5.41) is 23.4. The summed E-state index contributed by atoms with van der Waals surface area (Å²) in [4.78, 5) is 13.1. The SMILES string of the molecule is O=C(O)c1cnn2ccc(N3C[C@H](O)CC3c3cc(F)ccc3F)cc12. The zero-order valence-corrected chi connectivity index (χ0v) is 13.5. The number of rotatable bonds is 3. The number of aliphatic hydroxyl groups is 1. The van der Waals surface area contributed by atoms with Gasteiger partial charge in [-0.1, -0.05) is 0 Å². The number of fused-ring (bicyclic) bond motifs is 1. The number of anilines is 1. The second kappa shape index (κ2) is 6.06. The van der Waals surface area contributed by atoms with Crippen LogP contribution in [0.1, 0.15) is 28.4 Å². The highest BCUT2D eigenvalue weighted by atomic mass is 19.1. The molecule has 1 saturated heterocycles. The van der Waals surface area contributed by atoms with E-state index >= 15 is 0 Å². The molecule has 0 saturated carbocycles. The van der Waals surface area contributed by atoms with Crippen LogP contribution < -0.4 is 4.90 Å². The van der Waals surface area contributed by atoms with Crippen LogP contribution in [-0.2, 0) is 0 Å². The lowest BCUT2D eigenvalue weighted by atomic mass is 10.0. The Hall–Kier alpha value is -3.00. The van der Waals surface area contributed by atoms with Gasteiger partial charge < -0.3 is 15.1 Å². The summed E-state index contributed by atoms with van der Waals surface area (Å²) < 4.78 is 29.3. The average molecular weight is 359 g/mol. The number of carboxylic acid groups (broad SMARTS) is 1. The fourth-order valence-corrected chi connectivity index (χ4v) is 3.48. The first kappa shape index (κ1) is 16.5. The molecule has 1 aliphatic heterocycles. The molecular weight excluding hydrogens is 344 g/mol. The van der Waals surface area contributed by atoms with Gasteiger partial charge in [0, 0.05) is 24.0 Å². The van der Waals surface area contributed by atoms with E-state index in [1.54, 1.807) is 23.2 Å². The molecule has 0 amide bonds. The van der Waals surface area contributed by atoms with Gasteiger partial charge in [0.1, 0.15) is 17.2 Å². The monoisotopic (exact) mass is 359 g/mol. The molecule has 26 heavy (non-hydrogen) atoms. The van der Waals surface area contributed by atoms with E-state index < -0.39 is 29.7 Å². The Morgan fingerprint density at radius 2 is 2.04 bits per heavy atom. The molecule has 8 heteroatoms. The summed E-state index contributed by atoms with van der Waals surface area (Å²) in [6.45, 7) is 0.229. The van der Waals surface area contributed by atoms with Crippen LogP contribution in [-0.4, -0.2) is 38.4 Å². The zero-order chi connectivity index (χ0) is 18.4. The van der Waals surface area contributed by atoms with E-state index in [1.807, 2.05) is 0 Å². The van der Waals surface area contributed by atoms with Crippen molar-refractivity contribution in [2.24, 2.45) is 0 Å². The van der Waals surface area contributed by atoms with E-state index in [0.29, 0.717) is 11.2 Å². The van der Waals surface area contributed by atoms with Crippen molar-refractivity contribution in [3.05, 3.63) is 65.5 Å². The molecule has 0 bridgehead atoms. The number of pyridine rings is 1.